The van der Waals surface area contributed by atoms with Gasteiger partial charge in [-0.05, 0) is 30.5 Å². The first-order valence-corrected chi connectivity index (χ1v) is 9.94. The fraction of sp³-hybridized carbons (Fsp3) is 0.400. The molecule has 1 fully saturated rings. The van der Waals surface area contributed by atoms with Crippen LogP contribution in [0, 0.1) is 0 Å². The van der Waals surface area contributed by atoms with Gasteiger partial charge >= 0.3 is 0 Å². The molecule has 1 saturated heterocycles. The Morgan fingerprint density at radius 1 is 0.958 bits per heavy atom. The van der Waals surface area contributed by atoms with Crippen molar-refractivity contribution in [3.8, 4) is 0 Å². The highest BCUT2D eigenvalue weighted by Gasteiger charge is 2.20. The van der Waals surface area contributed by atoms with Crippen LogP contribution in [0.4, 0.5) is 0 Å². The summed E-state index contributed by atoms with van der Waals surface area (Å²) in [6.45, 7) is 3.66. The molecule has 1 unspecified atom stereocenters. The van der Waals surface area contributed by atoms with Crippen LogP contribution in [0.25, 0.3) is 0 Å². The number of ether oxygens (including phenoxy) is 1. The van der Waals surface area contributed by atoms with E-state index >= 15 is 0 Å². The molecule has 4 heteroatoms. The zero-order valence-electron chi connectivity index (χ0n) is 14.0. The maximum Gasteiger partial charge on any atom is 0.0720 e. The van der Waals surface area contributed by atoms with Gasteiger partial charge in [-0.3, -0.25) is 4.21 Å². The largest absolute Gasteiger partial charge is 0.373 e. The fourth-order valence-electron chi connectivity index (χ4n) is 2.99. The van der Waals surface area contributed by atoms with Crippen LogP contribution in [0.3, 0.4) is 0 Å². The van der Waals surface area contributed by atoms with Crippen molar-refractivity contribution in [2.24, 2.45) is 0 Å². The van der Waals surface area contributed by atoms with Crippen molar-refractivity contribution in [2.45, 2.75) is 30.4 Å². The quantitative estimate of drug-likeness (QED) is 0.771. The normalized spacial score (nSPS) is 17.7. The summed E-state index contributed by atoms with van der Waals surface area (Å²) in [6.07, 6.45) is 2.47. The fourth-order valence-corrected chi connectivity index (χ4v) is 4.11. The molecule has 128 valence electrons. The summed E-state index contributed by atoms with van der Waals surface area (Å²) in [5.41, 5.74) is 1.23. The number of benzene rings is 2. The molecule has 0 saturated carbocycles. The van der Waals surface area contributed by atoms with Gasteiger partial charge < -0.3 is 9.64 Å². The Morgan fingerprint density at radius 3 is 2.25 bits per heavy atom. The summed E-state index contributed by atoms with van der Waals surface area (Å²) < 4.78 is 18.3. The van der Waals surface area contributed by atoms with E-state index in [9.17, 15) is 4.21 Å². The third-order valence-electron chi connectivity index (χ3n) is 4.46. The molecule has 0 aliphatic carbocycles. The number of likely N-dealkylation sites (tertiary alicyclic amines) is 1. The number of nitrogens with zero attached hydrogens (tertiary/aromatic N) is 1. The van der Waals surface area contributed by atoms with E-state index in [0.717, 1.165) is 37.4 Å². The number of rotatable bonds is 7. The average molecular weight is 343 g/mol. The summed E-state index contributed by atoms with van der Waals surface area (Å²) in [5, 5.41) is 0. The summed E-state index contributed by atoms with van der Waals surface area (Å²) in [7, 11) is -0.895. The van der Waals surface area contributed by atoms with Crippen molar-refractivity contribution in [1.29, 1.82) is 0 Å². The highest BCUT2D eigenvalue weighted by molar-refractivity contribution is 7.85. The SMILES string of the molecule is O=S(CCN1CCC(OCc2ccccc2)CC1)c1ccccc1. The molecule has 24 heavy (non-hydrogen) atoms. The molecule has 0 N–H and O–H groups in total. The molecule has 0 spiro atoms. The van der Waals surface area contributed by atoms with Gasteiger partial charge in [0.25, 0.3) is 0 Å². The summed E-state index contributed by atoms with van der Waals surface area (Å²) in [4.78, 5) is 3.34. The Bertz CT molecular complexity index is 625. The molecule has 3 nitrogen and oxygen atoms in total. The lowest BCUT2D eigenvalue weighted by Gasteiger charge is -2.31. The molecular weight excluding hydrogens is 318 g/mol. The predicted octanol–water partition coefficient (Wildman–Crippen LogP) is 3.48. The second-order valence-corrected chi connectivity index (χ2v) is 7.77. The lowest BCUT2D eigenvalue weighted by Crippen LogP contribution is -2.38. The molecule has 3 rings (SSSR count). The Kier molecular flexibility index (Phi) is 6.58. The van der Waals surface area contributed by atoms with Crippen LogP contribution < -0.4 is 0 Å². The van der Waals surface area contributed by atoms with E-state index in [0.29, 0.717) is 18.5 Å². The van der Waals surface area contributed by atoms with E-state index in [4.69, 9.17) is 4.74 Å². The monoisotopic (exact) mass is 343 g/mol. The van der Waals surface area contributed by atoms with Crippen molar-refractivity contribution in [3.63, 3.8) is 0 Å². The number of hydrogen-bond acceptors (Lipinski definition) is 3. The second-order valence-electron chi connectivity index (χ2n) is 6.20. The van der Waals surface area contributed by atoms with E-state index in [1.807, 2.05) is 48.5 Å². The van der Waals surface area contributed by atoms with Crippen LogP contribution in [0.15, 0.2) is 65.6 Å². The molecular formula is C20H25NO2S. The highest BCUT2D eigenvalue weighted by Crippen LogP contribution is 2.16. The van der Waals surface area contributed by atoms with E-state index in [-0.39, 0.29) is 0 Å². The Labute approximate surface area is 147 Å². The van der Waals surface area contributed by atoms with Crippen LogP contribution in [0.5, 0.6) is 0 Å². The van der Waals surface area contributed by atoms with Gasteiger partial charge in [-0.25, -0.2) is 0 Å². The first-order valence-electron chi connectivity index (χ1n) is 8.62. The maximum absolute atomic E-state index is 12.3. The van der Waals surface area contributed by atoms with E-state index < -0.39 is 10.8 Å². The van der Waals surface area contributed by atoms with Crippen molar-refractivity contribution in [3.05, 3.63) is 66.2 Å². The first kappa shape index (κ1) is 17.3. The van der Waals surface area contributed by atoms with E-state index in [2.05, 4.69) is 17.0 Å². The molecule has 0 amide bonds. The Balaban J connectivity index is 1.35. The number of piperidine rings is 1. The molecule has 1 heterocycles. The van der Waals surface area contributed by atoms with Crippen molar-refractivity contribution >= 4 is 10.8 Å². The van der Waals surface area contributed by atoms with Gasteiger partial charge in [0, 0.05) is 30.3 Å². The molecule has 0 radical (unpaired) electrons. The molecule has 2 aromatic rings. The molecule has 1 atom stereocenters. The third kappa shape index (κ3) is 5.26. The van der Waals surface area contributed by atoms with Gasteiger partial charge in [-0.15, -0.1) is 0 Å². The zero-order chi connectivity index (χ0) is 16.6. The van der Waals surface area contributed by atoms with Gasteiger partial charge in [-0.2, -0.15) is 0 Å². The molecule has 1 aliphatic heterocycles. The average Bonchev–Trinajstić information content (AvgIpc) is 2.67. The van der Waals surface area contributed by atoms with Crippen molar-refractivity contribution in [1.82, 2.24) is 4.90 Å². The predicted molar refractivity (Wildman–Crippen MR) is 98.4 cm³/mol. The van der Waals surface area contributed by atoms with Gasteiger partial charge in [0.2, 0.25) is 0 Å². The van der Waals surface area contributed by atoms with E-state index in [1.165, 1.54) is 5.56 Å². The lowest BCUT2D eigenvalue weighted by atomic mass is 10.1. The minimum Gasteiger partial charge on any atom is -0.373 e. The topological polar surface area (TPSA) is 29.5 Å². The smallest absolute Gasteiger partial charge is 0.0720 e. The Hall–Kier alpha value is -1.49. The van der Waals surface area contributed by atoms with Gasteiger partial charge in [0.05, 0.1) is 23.5 Å². The summed E-state index contributed by atoms with van der Waals surface area (Å²) in [5.74, 6) is 0.708. The standard InChI is InChI=1S/C20H25NO2S/c22-24(20-9-5-2-6-10-20)16-15-21-13-11-19(12-14-21)23-17-18-7-3-1-4-8-18/h1-10,19H,11-17H2. The van der Waals surface area contributed by atoms with Crippen LogP contribution >= 0.6 is 0 Å². The second kappa shape index (κ2) is 9.11. The van der Waals surface area contributed by atoms with Gasteiger partial charge in [-0.1, -0.05) is 48.5 Å². The molecule has 1 aliphatic rings. The van der Waals surface area contributed by atoms with Crippen LogP contribution in [0.1, 0.15) is 18.4 Å². The summed E-state index contributed by atoms with van der Waals surface area (Å²) in [6, 6.07) is 20.1. The van der Waals surface area contributed by atoms with E-state index in [1.54, 1.807) is 0 Å². The number of hydrogen-bond donors (Lipinski definition) is 0. The lowest BCUT2D eigenvalue weighted by molar-refractivity contribution is -0.00128. The summed E-state index contributed by atoms with van der Waals surface area (Å²) >= 11 is 0. The molecule has 0 aromatic heterocycles. The third-order valence-corrected chi connectivity index (χ3v) is 5.81. The first-order chi connectivity index (χ1) is 11.8. The minimum absolute atomic E-state index is 0.348. The van der Waals surface area contributed by atoms with Crippen molar-refractivity contribution in [2.75, 3.05) is 25.4 Å². The van der Waals surface area contributed by atoms with Crippen LogP contribution in [-0.4, -0.2) is 40.6 Å². The van der Waals surface area contributed by atoms with Crippen molar-refractivity contribution < 1.29 is 8.95 Å². The van der Waals surface area contributed by atoms with Gasteiger partial charge in [0.1, 0.15) is 0 Å². The van der Waals surface area contributed by atoms with Crippen LogP contribution in [0.2, 0.25) is 0 Å². The minimum atomic E-state index is -0.895. The van der Waals surface area contributed by atoms with Gasteiger partial charge in [0.15, 0.2) is 0 Å². The molecule has 0 bridgehead atoms. The van der Waals surface area contributed by atoms with Crippen LogP contribution in [-0.2, 0) is 22.1 Å². The highest BCUT2D eigenvalue weighted by atomic mass is 32.2. The maximum atomic E-state index is 12.3. The Morgan fingerprint density at radius 2 is 1.58 bits per heavy atom. The molecule has 2 aromatic carbocycles. The zero-order valence-corrected chi connectivity index (χ0v) is 14.8.